The smallest absolute Gasteiger partial charge is 0.325 e. The summed E-state index contributed by atoms with van der Waals surface area (Å²) in [6.07, 6.45) is 1.55. The maximum atomic E-state index is 13.0. The second kappa shape index (κ2) is 10.1. The molecule has 0 bridgehead atoms. The van der Waals surface area contributed by atoms with E-state index in [0.717, 1.165) is 22.2 Å². The maximum Gasteiger partial charge on any atom is 0.325 e. The zero-order valence-corrected chi connectivity index (χ0v) is 17.7. The zero-order chi connectivity index (χ0) is 22.4. The van der Waals surface area contributed by atoms with Crippen LogP contribution in [-0.4, -0.2) is 42.3 Å². The number of halogens is 1. The van der Waals surface area contributed by atoms with E-state index in [0.29, 0.717) is 23.7 Å². The van der Waals surface area contributed by atoms with Gasteiger partial charge in [0.05, 0.1) is 18.6 Å². The molecular formula is C22H20FNO6S. The lowest BCUT2D eigenvalue weighted by atomic mass is 10.1. The summed E-state index contributed by atoms with van der Waals surface area (Å²) in [5, 5.41) is -0.536. The largest absolute Gasteiger partial charge is 0.490 e. The fraction of sp³-hybridized carbons (Fsp3) is 0.227. The van der Waals surface area contributed by atoms with E-state index in [-0.39, 0.29) is 17.3 Å². The number of hydrogen-bond acceptors (Lipinski definition) is 7. The molecule has 162 valence electrons. The average Bonchev–Trinajstić information content (AvgIpc) is 3.01. The number of methoxy groups -OCH3 is 1. The van der Waals surface area contributed by atoms with Crippen LogP contribution in [0.2, 0.25) is 0 Å². The molecule has 31 heavy (non-hydrogen) atoms. The molecule has 1 aliphatic rings. The van der Waals surface area contributed by atoms with Gasteiger partial charge in [-0.15, -0.1) is 0 Å². The number of carbonyl (C=O) groups excluding carboxylic acids is 3. The quantitative estimate of drug-likeness (QED) is 0.448. The Labute approximate surface area is 182 Å². The monoisotopic (exact) mass is 445 g/mol. The van der Waals surface area contributed by atoms with Crippen molar-refractivity contribution in [1.29, 1.82) is 0 Å². The predicted octanol–water partition coefficient (Wildman–Crippen LogP) is 4.01. The Bertz CT molecular complexity index is 1020. The van der Waals surface area contributed by atoms with Crippen molar-refractivity contribution in [3.63, 3.8) is 0 Å². The minimum absolute atomic E-state index is 0.191. The highest BCUT2D eigenvalue weighted by Crippen LogP contribution is 2.35. The molecule has 1 saturated heterocycles. The Hall–Kier alpha value is -3.33. The van der Waals surface area contributed by atoms with E-state index in [4.69, 9.17) is 9.47 Å². The number of thioether (sulfide) groups is 1. The van der Waals surface area contributed by atoms with Crippen LogP contribution in [0.4, 0.5) is 9.18 Å². The van der Waals surface area contributed by atoms with Gasteiger partial charge in [0.15, 0.2) is 11.5 Å². The summed E-state index contributed by atoms with van der Waals surface area (Å²) in [6, 6.07) is 11.1. The molecule has 2 amide bonds. The van der Waals surface area contributed by atoms with Crippen LogP contribution in [0.1, 0.15) is 18.1 Å². The van der Waals surface area contributed by atoms with Gasteiger partial charge in [-0.25, -0.2) is 4.39 Å². The van der Waals surface area contributed by atoms with Gasteiger partial charge in [-0.1, -0.05) is 18.2 Å². The molecule has 1 aliphatic heterocycles. The minimum atomic E-state index is -0.676. The van der Waals surface area contributed by atoms with Crippen molar-refractivity contribution in [3.05, 3.63) is 64.3 Å². The number of carbonyl (C=O) groups is 3. The van der Waals surface area contributed by atoms with Crippen LogP contribution in [-0.2, 0) is 20.9 Å². The van der Waals surface area contributed by atoms with Gasteiger partial charge >= 0.3 is 5.97 Å². The van der Waals surface area contributed by atoms with Crippen LogP contribution in [0, 0.1) is 5.82 Å². The highest BCUT2D eigenvalue weighted by molar-refractivity contribution is 8.18. The number of hydrogen-bond donors (Lipinski definition) is 0. The lowest BCUT2D eigenvalue weighted by molar-refractivity contribution is -0.143. The van der Waals surface area contributed by atoms with Crippen molar-refractivity contribution in [1.82, 2.24) is 4.90 Å². The second-order valence-electron chi connectivity index (χ2n) is 6.40. The van der Waals surface area contributed by atoms with E-state index in [9.17, 15) is 18.8 Å². The van der Waals surface area contributed by atoms with Gasteiger partial charge in [0.2, 0.25) is 0 Å². The Balaban J connectivity index is 1.77. The first-order chi connectivity index (χ1) is 14.9. The molecule has 0 aromatic heterocycles. The molecule has 2 aromatic carbocycles. The van der Waals surface area contributed by atoms with Crippen molar-refractivity contribution in [2.75, 3.05) is 20.3 Å². The standard InChI is InChI=1S/C22H20FNO6S/c1-3-29-18-10-15(6-9-17(18)30-13-14-4-7-16(23)8-5-14)11-19-21(26)24(22(27)31-19)12-20(25)28-2/h4-11H,3,12-13H2,1-2H3/b19-11-. The Morgan fingerprint density at radius 2 is 1.84 bits per heavy atom. The van der Waals surface area contributed by atoms with E-state index in [1.807, 2.05) is 6.92 Å². The molecule has 0 radical (unpaired) electrons. The van der Waals surface area contributed by atoms with Crippen LogP contribution in [0.15, 0.2) is 47.4 Å². The Morgan fingerprint density at radius 1 is 1.10 bits per heavy atom. The fourth-order valence-corrected chi connectivity index (χ4v) is 3.56. The van der Waals surface area contributed by atoms with E-state index in [1.54, 1.807) is 36.4 Å². The van der Waals surface area contributed by atoms with Crippen LogP contribution in [0.5, 0.6) is 11.5 Å². The molecule has 3 rings (SSSR count). The number of benzene rings is 2. The molecule has 7 nitrogen and oxygen atoms in total. The van der Waals surface area contributed by atoms with Gasteiger partial charge in [-0.3, -0.25) is 19.3 Å². The molecule has 0 atom stereocenters. The summed E-state index contributed by atoms with van der Waals surface area (Å²) in [5.41, 5.74) is 1.42. The van der Waals surface area contributed by atoms with E-state index < -0.39 is 23.7 Å². The third-order valence-electron chi connectivity index (χ3n) is 4.26. The molecule has 0 unspecified atom stereocenters. The number of nitrogens with zero attached hydrogens (tertiary/aromatic N) is 1. The third kappa shape index (κ3) is 5.64. The molecule has 0 aliphatic carbocycles. The van der Waals surface area contributed by atoms with Gasteiger partial charge in [0, 0.05) is 0 Å². The minimum Gasteiger partial charge on any atom is -0.490 e. The van der Waals surface area contributed by atoms with Crippen LogP contribution >= 0.6 is 11.8 Å². The maximum absolute atomic E-state index is 13.0. The first-order valence-corrected chi connectivity index (χ1v) is 10.2. The summed E-state index contributed by atoms with van der Waals surface area (Å²) in [4.78, 5) is 37.0. The highest BCUT2D eigenvalue weighted by atomic mass is 32.2. The molecule has 9 heteroatoms. The van der Waals surface area contributed by atoms with Gasteiger partial charge in [0.1, 0.15) is 19.0 Å². The number of amides is 2. The third-order valence-corrected chi connectivity index (χ3v) is 5.17. The van der Waals surface area contributed by atoms with Crippen LogP contribution in [0.25, 0.3) is 6.08 Å². The summed E-state index contributed by atoms with van der Waals surface area (Å²) in [7, 11) is 1.19. The van der Waals surface area contributed by atoms with Crippen molar-refractivity contribution < 1.29 is 33.0 Å². The molecule has 0 saturated carbocycles. The van der Waals surface area contributed by atoms with E-state index in [2.05, 4.69) is 4.74 Å². The first-order valence-electron chi connectivity index (χ1n) is 9.37. The summed E-state index contributed by atoms with van der Waals surface area (Å²) in [5.74, 6) is -0.604. The molecule has 2 aromatic rings. The average molecular weight is 445 g/mol. The second-order valence-corrected chi connectivity index (χ2v) is 7.39. The number of imide groups is 1. The lowest BCUT2D eigenvalue weighted by Gasteiger charge is -2.13. The predicted molar refractivity (Wildman–Crippen MR) is 113 cm³/mol. The van der Waals surface area contributed by atoms with Gasteiger partial charge in [-0.2, -0.15) is 0 Å². The Kier molecular flexibility index (Phi) is 7.30. The molecular weight excluding hydrogens is 425 g/mol. The van der Waals surface area contributed by atoms with Gasteiger partial charge in [-0.05, 0) is 60.2 Å². The van der Waals surface area contributed by atoms with Crippen molar-refractivity contribution >= 4 is 35.0 Å². The normalized spacial score (nSPS) is 14.8. The van der Waals surface area contributed by atoms with Crippen molar-refractivity contribution in [3.8, 4) is 11.5 Å². The molecule has 1 fully saturated rings. The zero-order valence-electron chi connectivity index (χ0n) is 16.9. The highest BCUT2D eigenvalue weighted by Gasteiger charge is 2.36. The van der Waals surface area contributed by atoms with E-state index in [1.165, 1.54) is 19.2 Å². The first kappa shape index (κ1) is 22.4. The van der Waals surface area contributed by atoms with Crippen LogP contribution < -0.4 is 9.47 Å². The van der Waals surface area contributed by atoms with E-state index >= 15 is 0 Å². The molecule has 0 N–H and O–H groups in total. The number of ether oxygens (including phenoxy) is 3. The summed E-state index contributed by atoms with van der Waals surface area (Å²) < 4.78 is 29.0. The summed E-state index contributed by atoms with van der Waals surface area (Å²) >= 11 is 0.749. The SMILES string of the molecule is CCOc1cc(/C=C2\SC(=O)N(CC(=O)OC)C2=O)ccc1OCc1ccc(F)cc1. The summed E-state index contributed by atoms with van der Waals surface area (Å²) in [6.45, 7) is 2.02. The number of esters is 1. The van der Waals surface area contributed by atoms with Crippen molar-refractivity contribution in [2.24, 2.45) is 0 Å². The molecule has 0 spiro atoms. The topological polar surface area (TPSA) is 82.1 Å². The van der Waals surface area contributed by atoms with Gasteiger partial charge < -0.3 is 14.2 Å². The Morgan fingerprint density at radius 3 is 2.52 bits per heavy atom. The number of rotatable bonds is 8. The molecule has 1 heterocycles. The van der Waals surface area contributed by atoms with Gasteiger partial charge in [0.25, 0.3) is 11.1 Å². The van der Waals surface area contributed by atoms with Crippen molar-refractivity contribution in [2.45, 2.75) is 13.5 Å². The lowest BCUT2D eigenvalue weighted by Crippen LogP contribution is -2.34. The fourth-order valence-electron chi connectivity index (χ4n) is 2.73. The van der Waals surface area contributed by atoms with Crippen LogP contribution in [0.3, 0.4) is 0 Å².